The lowest BCUT2D eigenvalue weighted by atomic mass is 10.2. The second kappa shape index (κ2) is 6.54. The molecule has 0 heterocycles. The van der Waals surface area contributed by atoms with Crippen LogP contribution in [0.25, 0.3) is 0 Å². The van der Waals surface area contributed by atoms with Gasteiger partial charge in [0.25, 0.3) is 0 Å². The van der Waals surface area contributed by atoms with Gasteiger partial charge in [-0.3, -0.25) is 4.79 Å². The monoisotopic (exact) mass is 312 g/mol. The summed E-state index contributed by atoms with van der Waals surface area (Å²) in [5, 5.41) is 0.304. The van der Waals surface area contributed by atoms with Gasteiger partial charge >= 0.3 is 0 Å². The number of hydrogen-bond acceptors (Lipinski definition) is 3. The summed E-state index contributed by atoms with van der Waals surface area (Å²) in [5.41, 5.74) is 0.194. The molecule has 0 aliphatic rings. The molecule has 0 aliphatic carbocycles. The van der Waals surface area contributed by atoms with Gasteiger partial charge in [0.1, 0.15) is 6.61 Å². The van der Waals surface area contributed by atoms with Crippen LogP contribution < -0.4 is 9.47 Å². The first-order valence-electron chi connectivity index (χ1n) is 5.95. The standard InChI is InChI=1S/C15H11ClF2O3/c1-20-13-6-11(16)5-10(7-19)15(13)21-8-9-3-2-4-12(17)14(9)18/h2-7H,8H2,1H3. The summed E-state index contributed by atoms with van der Waals surface area (Å²) in [6.45, 7) is -0.248. The predicted octanol–water partition coefficient (Wildman–Crippen LogP) is 4.02. The van der Waals surface area contributed by atoms with Crippen LogP contribution in [0.5, 0.6) is 11.5 Å². The zero-order valence-corrected chi connectivity index (χ0v) is 11.8. The molecule has 0 fully saturated rings. The summed E-state index contributed by atoms with van der Waals surface area (Å²) in [7, 11) is 1.38. The molecule has 0 amide bonds. The second-order valence-corrected chi connectivity index (χ2v) is 4.58. The molecular formula is C15H11ClF2O3. The van der Waals surface area contributed by atoms with Gasteiger partial charge in [-0.25, -0.2) is 8.78 Å². The van der Waals surface area contributed by atoms with Gasteiger partial charge in [0, 0.05) is 16.7 Å². The molecule has 3 nitrogen and oxygen atoms in total. The summed E-state index contributed by atoms with van der Waals surface area (Å²) in [6.07, 6.45) is 0.547. The summed E-state index contributed by atoms with van der Waals surface area (Å²) >= 11 is 5.84. The fourth-order valence-electron chi connectivity index (χ4n) is 1.79. The fraction of sp³-hybridized carbons (Fsp3) is 0.133. The van der Waals surface area contributed by atoms with Gasteiger partial charge in [-0.2, -0.15) is 0 Å². The Morgan fingerprint density at radius 3 is 2.71 bits per heavy atom. The number of methoxy groups -OCH3 is 1. The highest BCUT2D eigenvalue weighted by molar-refractivity contribution is 6.31. The van der Waals surface area contributed by atoms with Crippen LogP contribution in [0.1, 0.15) is 15.9 Å². The largest absolute Gasteiger partial charge is 0.493 e. The number of rotatable bonds is 5. The highest BCUT2D eigenvalue weighted by Crippen LogP contribution is 2.34. The van der Waals surface area contributed by atoms with Gasteiger partial charge in [0.2, 0.25) is 0 Å². The van der Waals surface area contributed by atoms with E-state index in [0.29, 0.717) is 11.3 Å². The third kappa shape index (κ3) is 3.31. The average Bonchev–Trinajstić information content (AvgIpc) is 2.48. The van der Waals surface area contributed by atoms with E-state index in [2.05, 4.69) is 0 Å². The van der Waals surface area contributed by atoms with Crippen LogP contribution in [0.2, 0.25) is 5.02 Å². The van der Waals surface area contributed by atoms with Crippen molar-refractivity contribution in [1.29, 1.82) is 0 Å². The Bertz CT molecular complexity index is 674. The summed E-state index contributed by atoms with van der Waals surface area (Å²) in [5.74, 6) is -1.59. The third-order valence-corrected chi connectivity index (χ3v) is 3.02. The van der Waals surface area contributed by atoms with E-state index in [9.17, 15) is 13.6 Å². The Labute approximate surface area is 125 Å². The second-order valence-electron chi connectivity index (χ2n) is 4.15. The number of aldehydes is 1. The molecule has 0 bridgehead atoms. The number of halogens is 3. The van der Waals surface area contributed by atoms with Crippen LogP contribution >= 0.6 is 11.6 Å². The number of ether oxygens (including phenoxy) is 2. The molecule has 0 atom stereocenters. The van der Waals surface area contributed by atoms with Crippen LogP contribution in [0.3, 0.4) is 0 Å². The number of benzene rings is 2. The summed E-state index contributed by atoms with van der Waals surface area (Å²) in [4.78, 5) is 11.1. The van der Waals surface area contributed by atoms with Gasteiger partial charge in [-0.15, -0.1) is 0 Å². The first kappa shape index (κ1) is 15.3. The van der Waals surface area contributed by atoms with Gasteiger partial charge in [0.05, 0.1) is 12.7 Å². The molecule has 2 aromatic carbocycles. The maximum absolute atomic E-state index is 13.6. The van der Waals surface area contributed by atoms with Crippen molar-refractivity contribution in [3.05, 3.63) is 58.1 Å². The zero-order valence-electron chi connectivity index (χ0n) is 11.0. The van der Waals surface area contributed by atoms with E-state index in [0.717, 1.165) is 6.07 Å². The van der Waals surface area contributed by atoms with E-state index in [1.165, 1.54) is 31.4 Å². The number of carbonyl (C=O) groups excluding carboxylic acids is 1. The van der Waals surface area contributed by atoms with Crippen molar-refractivity contribution >= 4 is 17.9 Å². The number of carbonyl (C=O) groups is 1. The van der Waals surface area contributed by atoms with Gasteiger partial charge in [-0.1, -0.05) is 23.7 Å². The Morgan fingerprint density at radius 2 is 2.05 bits per heavy atom. The molecule has 0 unspecified atom stereocenters. The minimum Gasteiger partial charge on any atom is -0.493 e. The maximum Gasteiger partial charge on any atom is 0.172 e. The van der Waals surface area contributed by atoms with Crippen LogP contribution in [-0.4, -0.2) is 13.4 Å². The van der Waals surface area contributed by atoms with E-state index < -0.39 is 11.6 Å². The highest BCUT2D eigenvalue weighted by Gasteiger charge is 2.14. The number of hydrogen-bond donors (Lipinski definition) is 0. The molecule has 0 N–H and O–H groups in total. The molecular weight excluding hydrogens is 302 g/mol. The molecule has 0 aliphatic heterocycles. The minimum atomic E-state index is -0.988. The van der Waals surface area contributed by atoms with Crippen molar-refractivity contribution in [1.82, 2.24) is 0 Å². The SMILES string of the molecule is COc1cc(Cl)cc(C=O)c1OCc1cccc(F)c1F. The molecule has 110 valence electrons. The Balaban J connectivity index is 2.31. The maximum atomic E-state index is 13.6. The molecule has 0 aromatic heterocycles. The van der Waals surface area contributed by atoms with Crippen LogP contribution in [0, 0.1) is 11.6 Å². The predicted molar refractivity (Wildman–Crippen MR) is 74.1 cm³/mol. The van der Waals surface area contributed by atoms with Crippen molar-refractivity contribution in [2.24, 2.45) is 0 Å². The van der Waals surface area contributed by atoms with E-state index in [4.69, 9.17) is 21.1 Å². The molecule has 0 spiro atoms. The van der Waals surface area contributed by atoms with E-state index in [-0.39, 0.29) is 29.2 Å². The third-order valence-electron chi connectivity index (χ3n) is 2.80. The van der Waals surface area contributed by atoms with Crippen molar-refractivity contribution in [2.45, 2.75) is 6.61 Å². The Kier molecular flexibility index (Phi) is 4.75. The highest BCUT2D eigenvalue weighted by atomic mass is 35.5. The molecule has 6 heteroatoms. The Hall–Kier alpha value is -2.14. The lowest BCUT2D eigenvalue weighted by Gasteiger charge is -2.13. The molecule has 0 saturated heterocycles. The fourth-order valence-corrected chi connectivity index (χ4v) is 2.01. The summed E-state index contributed by atoms with van der Waals surface area (Å²) in [6, 6.07) is 6.64. The lowest BCUT2D eigenvalue weighted by molar-refractivity contribution is 0.111. The van der Waals surface area contributed by atoms with Crippen molar-refractivity contribution < 1.29 is 23.0 Å². The smallest absolute Gasteiger partial charge is 0.172 e. The van der Waals surface area contributed by atoms with E-state index in [1.54, 1.807) is 0 Å². The molecule has 0 saturated carbocycles. The normalized spacial score (nSPS) is 10.3. The van der Waals surface area contributed by atoms with Gasteiger partial charge < -0.3 is 9.47 Å². The van der Waals surface area contributed by atoms with E-state index >= 15 is 0 Å². The molecule has 0 radical (unpaired) electrons. The quantitative estimate of drug-likeness (QED) is 0.782. The van der Waals surface area contributed by atoms with E-state index in [1.807, 2.05) is 0 Å². The topological polar surface area (TPSA) is 35.5 Å². The van der Waals surface area contributed by atoms with Crippen molar-refractivity contribution in [3.63, 3.8) is 0 Å². The first-order chi connectivity index (χ1) is 10.1. The van der Waals surface area contributed by atoms with Gasteiger partial charge in [-0.05, 0) is 12.1 Å². The van der Waals surface area contributed by atoms with Crippen LogP contribution in [0.15, 0.2) is 30.3 Å². The minimum absolute atomic E-state index is 0.0313. The molecule has 2 aromatic rings. The van der Waals surface area contributed by atoms with Crippen molar-refractivity contribution in [3.8, 4) is 11.5 Å². The average molecular weight is 313 g/mol. The Morgan fingerprint density at radius 1 is 1.29 bits per heavy atom. The summed E-state index contributed by atoms with van der Waals surface area (Å²) < 4.78 is 37.2. The first-order valence-corrected chi connectivity index (χ1v) is 6.33. The lowest BCUT2D eigenvalue weighted by Crippen LogP contribution is -2.03. The van der Waals surface area contributed by atoms with Crippen molar-refractivity contribution in [2.75, 3.05) is 7.11 Å². The molecule has 2 rings (SSSR count). The van der Waals surface area contributed by atoms with Crippen LogP contribution in [0.4, 0.5) is 8.78 Å². The zero-order chi connectivity index (χ0) is 15.4. The van der Waals surface area contributed by atoms with Gasteiger partial charge in [0.15, 0.2) is 29.4 Å². The van der Waals surface area contributed by atoms with Crippen LogP contribution in [-0.2, 0) is 6.61 Å². The molecule has 21 heavy (non-hydrogen) atoms.